The molecular weight excluding hydrogens is 1500 g/mol. The van der Waals surface area contributed by atoms with E-state index in [-0.39, 0.29) is 87.9 Å². The summed E-state index contributed by atoms with van der Waals surface area (Å²) >= 11 is 29.2. The van der Waals surface area contributed by atoms with Crippen molar-refractivity contribution in [3.8, 4) is 0 Å². The molecule has 13 rings (SSSR count). The van der Waals surface area contributed by atoms with E-state index in [2.05, 4.69) is 61.2 Å². The van der Waals surface area contributed by atoms with Crippen LogP contribution in [0.4, 0.5) is 0 Å². The van der Waals surface area contributed by atoms with Crippen LogP contribution in [0.1, 0.15) is 0 Å². The molecule has 40 heteroatoms. The average Bonchev–Trinajstić information content (AvgIpc) is 3.96. The number of alkyl halides is 4. The molecule has 0 radical (unpaired) electrons. The van der Waals surface area contributed by atoms with Gasteiger partial charge >= 0.3 is 106 Å². The fourth-order valence-corrected chi connectivity index (χ4v) is 8.34. The maximum atomic E-state index is 10.7. The van der Waals surface area contributed by atoms with Crippen LogP contribution in [0, 0.1) is 77.2 Å². The first-order chi connectivity index (χ1) is 40.1. The summed E-state index contributed by atoms with van der Waals surface area (Å²) in [5.74, 6) is -4.92. The Bertz CT molecular complexity index is 2840. The molecule has 436 valence electrons. The number of allylic oxidation sites excluding steroid dienone is 2. The molecule has 0 aliphatic heterocycles. The van der Waals surface area contributed by atoms with Crippen molar-refractivity contribution >= 4 is 110 Å². The second-order valence-corrected chi connectivity index (χ2v) is 18.8. The predicted octanol–water partition coefficient (Wildman–Crippen LogP) is 1.35. The largest absolute Gasteiger partial charge is 3.00 e. The van der Waals surface area contributed by atoms with Crippen LogP contribution in [0.5, 0.6) is 0 Å². The van der Waals surface area contributed by atoms with Gasteiger partial charge in [0.15, 0.2) is 11.6 Å². The van der Waals surface area contributed by atoms with E-state index in [1.165, 1.54) is 0 Å². The summed E-state index contributed by atoms with van der Waals surface area (Å²) in [6.07, 6.45) is 44.1. The van der Waals surface area contributed by atoms with Crippen molar-refractivity contribution in [2.75, 3.05) is 10.7 Å². The summed E-state index contributed by atoms with van der Waals surface area (Å²) in [5.41, 5.74) is 0. The zero-order valence-electron chi connectivity index (χ0n) is 43.3. The van der Waals surface area contributed by atoms with Crippen molar-refractivity contribution < 1.29 is 97.0 Å². The molecule has 0 N–H and O–H groups in total. The minimum absolute atomic E-state index is 0. The molecule has 84 heavy (non-hydrogen) atoms. The van der Waals surface area contributed by atoms with Crippen LogP contribution >= 0.6 is 69.6 Å². The monoisotopic (exact) mass is 1540 g/mol. The fourth-order valence-electron chi connectivity index (χ4n) is 8.00. The van der Waals surface area contributed by atoms with Crippen molar-refractivity contribution in [3.05, 3.63) is 243 Å². The van der Waals surface area contributed by atoms with Crippen molar-refractivity contribution in [2.24, 2.45) is 0 Å². The van der Waals surface area contributed by atoms with Gasteiger partial charge in [-0.05, 0) is 159 Å². The third-order valence-corrected chi connectivity index (χ3v) is 12.1. The maximum Gasteiger partial charge on any atom is 3.00 e. The summed E-state index contributed by atoms with van der Waals surface area (Å²) in [6, 6.07) is 22.7. The Balaban J connectivity index is 0.000000187. The number of nitrogens with zero attached hydrogens (tertiary/aromatic N) is 24. The third kappa shape index (κ3) is 18.8. The molecule has 0 aromatic carbocycles. The fraction of sp³-hybridized carbons (Fsp3) is 0.0455. The number of rotatable bonds is 12. The van der Waals surface area contributed by atoms with Gasteiger partial charge in [-0.3, -0.25) is 9.59 Å². The molecule has 0 fully saturated rings. The van der Waals surface area contributed by atoms with Gasteiger partial charge in [-0.2, -0.15) is 0 Å². The molecule has 0 saturated heterocycles. The number of hydrogen-bond acceptors (Lipinski definition) is 16. The van der Waals surface area contributed by atoms with Crippen LogP contribution in [0.2, 0.25) is 0 Å². The molecule has 0 atom stereocenters. The number of hydrogen-bond donors (Lipinski definition) is 0. The first kappa shape index (κ1) is 68.3. The molecular formula is C44H44B4Cl6N24O4Tb2. The first-order valence-corrected chi connectivity index (χ1v) is 27.0. The maximum absolute atomic E-state index is 10.7. The first-order valence-electron chi connectivity index (χ1n) is 24.2. The summed E-state index contributed by atoms with van der Waals surface area (Å²) < 4.78 is 22.5. The smallest absolute Gasteiger partial charge is 0.869 e. The number of halogens is 6. The minimum atomic E-state index is -1.23. The van der Waals surface area contributed by atoms with Gasteiger partial charge in [0.2, 0.25) is 0 Å². The number of aromatic nitrogens is 24. The van der Waals surface area contributed by atoms with Crippen molar-refractivity contribution in [2.45, 2.75) is 0 Å². The van der Waals surface area contributed by atoms with Gasteiger partial charge in [0.1, 0.15) is 0 Å². The van der Waals surface area contributed by atoms with Crippen LogP contribution in [-0.2, 0) is 9.59 Å². The Morgan fingerprint density at radius 3 is 0.476 bits per heavy atom. The van der Waals surface area contributed by atoms with Crippen LogP contribution in [0.3, 0.4) is 0 Å². The number of carbonyl (C=O) groups is 2. The number of carbonyl (C=O) groups excluding carboxylic acids is 2. The second kappa shape index (κ2) is 36.4. The van der Waals surface area contributed by atoms with Crippen LogP contribution < -0.4 is 10.2 Å². The third-order valence-electron chi connectivity index (χ3n) is 11.4. The summed E-state index contributed by atoms with van der Waals surface area (Å²) in [4.78, 5) is 21.4. The Hall–Kier alpha value is -6.49. The van der Waals surface area contributed by atoms with Gasteiger partial charge in [-0.1, -0.05) is 23.2 Å². The zero-order valence-corrected chi connectivity index (χ0v) is 52.1. The molecule has 1 aliphatic rings. The predicted molar refractivity (Wildman–Crippen MR) is 309 cm³/mol. The van der Waals surface area contributed by atoms with Crippen LogP contribution in [-0.4, -0.2) is 167 Å². The van der Waals surface area contributed by atoms with Gasteiger partial charge in [-0.15, -0.1) is 46.4 Å². The van der Waals surface area contributed by atoms with E-state index in [0.29, 0.717) is 0 Å². The Labute approximate surface area is 570 Å². The van der Waals surface area contributed by atoms with Crippen LogP contribution in [0.15, 0.2) is 243 Å². The average molecular weight is 1550 g/mol. The van der Waals surface area contributed by atoms with Crippen LogP contribution in [0.25, 0.3) is 0 Å². The van der Waals surface area contributed by atoms with Gasteiger partial charge in [-0.25, -0.2) is 61.2 Å². The van der Waals surface area contributed by atoms with E-state index < -0.39 is 61.6 Å². The van der Waals surface area contributed by atoms with Crippen molar-refractivity contribution in [3.63, 3.8) is 0 Å². The number of ketones is 2. The molecule has 1 aliphatic carbocycles. The van der Waals surface area contributed by atoms with E-state index in [0.717, 1.165) is 0 Å². The van der Waals surface area contributed by atoms with E-state index in [9.17, 15) is 19.8 Å². The second-order valence-electron chi connectivity index (χ2n) is 16.4. The Kier molecular flexibility index (Phi) is 29.6. The van der Waals surface area contributed by atoms with Gasteiger partial charge in [0, 0.05) is 74.4 Å². The normalized spacial score (nSPS) is 11.6. The summed E-state index contributed by atoms with van der Waals surface area (Å²) in [7, 11) is -4.50. The summed E-state index contributed by atoms with van der Waals surface area (Å²) in [5, 5.41) is 71.1. The SMILES string of the molecule is ClCCl.ClCCl.O=C1C([O-])=C(Cl)C(=O)C([O-])=C1Cl.[Tb+3].[Tb+3].c1cnn([BH-](n2cccn2)n2cccn2)c1.c1cnn([BH-](n2cccn2)n2cccn2)c1.c1cnn([BH-](n2cccn2)n2cccn2)c1.c1cnn([BH-](n2cccn2)n2cccn2)c1. The topological polar surface area (TPSA) is 294 Å². The molecule has 0 bridgehead atoms. The van der Waals surface area contributed by atoms with E-state index >= 15 is 0 Å². The van der Waals surface area contributed by atoms with Crippen molar-refractivity contribution in [1.29, 1.82) is 0 Å². The Morgan fingerprint density at radius 2 is 0.393 bits per heavy atom. The molecule has 28 nitrogen and oxygen atoms in total. The quantitative estimate of drug-likeness (QED) is 0.0948. The minimum Gasteiger partial charge on any atom is -0.869 e. The van der Waals surface area contributed by atoms with Gasteiger partial charge < -0.3 is 65.3 Å². The van der Waals surface area contributed by atoms with E-state index in [4.69, 9.17) is 69.6 Å². The zero-order chi connectivity index (χ0) is 58.1. The summed E-state index contributed by atoms with van der Waals surface area (Å²) in [6.45, 7) is 0. The molecule has 0 amide bonds. The molecule has 12 heterocycles. The van der Waals surface area contributed by atoms with E-state index in [1.807, 2.05) is 202 Å². The molecule has 0 spiro atoms. The number of Topliss-reactive ketones (excluding diaryl/α,β-unsaturated/α-hetero) is 2. The van der Waals surface area contributed by atoms with E-state index in [1.54, 1.807) is 74.4 Å². The standard InChI is InChI=1S/4C9H10BN6.C6H2Cl2O4.2CH2Cl2.2Tb/c4*1-4-11-14(7-1)10(15-8-2-5-12-15)16-9-3-6-13-16;7-1-3(9)5(11)2(8)6(12)4(1)10;2*2-1-3;;/h4*1-10H;9,12H;2*1H2;;/q4*-1;;;;2*+3/p-2. The molecule has 0 unspecified atom stereocenters. The molecule has 12 aromatic heterocycles. The molecule has 0 saturated carbocycles. The Morgan fingerprint density at radius 1 is 0.286 bits per heavy atom. The van der Waals surface area contributed by atoms with Crippen molar-refractivity contribution in [1.82, 2.24) is 116 Å². The molecule has 12 aromatic rings. The van der Waals surface area contributed by atoms with Gasteiger partial charge in [0.05, 0.1) is 20.7 Å². The van der Waals surface area contributed by atoms with Gasteiger partial charge in [0.25, 0.3) is 0 Å².